The summed E-state index contributed by atoms with van der Waals surface area (Å²) in [4.78, 5) is 22.7. The van der Waals surface area contributed by atoms with E-state index in [-0.39, 0.29) is 24.0 Å². The number of aliphatic hydroxyl groups is 1. The number of para-hydroxylation sites is 1. The average Bonchev–Trinajstić information content (AvgIpc) is 3.46. The van der Waals surface area contributed by atoms with Crippen LogP contribution in [0.25, 0.3) is 11.2 Å². The Labute approximate surface area is 233 Å². The average molecular weight is 602 g/mol. The van der Waals surface area contributed by atoms with Gasteiger partial charge in [0.25, 0.3) is 0 Å². The third-order valence-electron chi connectivity index (χ3n) is 6.06. The Hall–Kier alpha value is -3.07. The molecule has 2 aromatic heterocycles. The molecule has 4 rings (SSSR count). The standard InChI is InChI=1S/C23H30ClFN7O7P/c1-4-36-20(34)13(2)31-40(35,39-14-8-6-5-7-9-14)37-10-15-17(33)23(24,11-25)21(38-15)32-12-28-16-18(27-3)29-22(26)30-19(16)32/h5-9,12-13,15,17,21,33H,4,10-11H2,1-3H3,(H,31,35)(H3,26,27,29,30)/t13-,15+,17+,21+,23+,40?/m0/s1. The van der Waals surface area contributed by atoms with Gasteiger partial charge in [-0.3, -0.25) is 13.9 Å². The second-order valence-electron chi connectivity index (χ2n) is 8.84. The topological polar surface area (TPSA) is 185 Å². The van der Waals surface area contributed by atoms with Crippen LogP contribution in [0.1, 0.15) is 20.1 Å². The van der Waals surface area contributed by atoms with E-state index in [1.807, 2.05) is 0 Å². The van der Waals surface area contributed by atoms with Crippen LogP contribution < -0.4 is 20.7 Å². The zero-order chi connectivity index (χ0) is 29.1. The first-order chi connectivity index (χ1) is 19.0. The van der Waals surface area contributed by atoms with E-state index in [1.54, 1.807) is 32.2 Å². The molecule has 0 radical (unpaired) electrons. The van der Waals surface area contributed by atoms with E-state index >= 15 is 0 Å². The number of imidazole rings is 1. The van der Waals surface area contributed by atoms with Gasteiger partial charge in [-0.15, -0.1) is 11.6 Å². The van der Waals surface area contributed by atoms with Gasteiger partial charge < -0.3 is 30.2 Å². The minimum Gasteiger partial charge on any atom is -0.465 e. The highest BCUT2D eigenvalue weighted by Gasteiger charge is 2.57. The molecule has 1 saturated heterocycles. The van der Waals surface area contributed by atoms with Crippen LogP contribution in [0.5, 0.6) is 5.75 Å². The second-order valence-corrected chi connectivity index (χ2v) is 11.2. The molecule has 1 aromatic carbocycles. The summed E-state index contributed by atoms with van der Waals surface area (Å²) in [5.74, 6) is -0.274. The lowest BCUT2D eigenvalue weighted by atomic mass is 10.0. The molecule has 1 aliphatic heterocycles. The van der Waals surface area contributed by atoms with Crippen LogP contribution in [0, 0.1) is 0 Å². The first-order valence-corrected chi connectivity index (χ1v) is 14.2. The normalized spacial score (nSPS) is 24.9. The van der Waals surface area contributed by atoms with Crippen molar-refractivity contribution in [1.82, 2.24) is 24.6 Å². The van der Waals surface area contributed by atoms with E-state index in [9.17, 15) is 18.9 Å². The number of nitrogens with two attached hydrogens (primary N) is 1. The fraction of sp³-hybridized carbons (Fsp3) is 0.478. The van der Waals surface area contributed by atoms with Crippen LogP contribution in [0.3, 0.4) is 0 Å². The van der Waals surface area contributed by atoms with E-state index in [2.05, 4.69) is 25.4 Å². The van der Waals surface area contributed by atoms with Gasteiger partial charge in [0.05, 0.1) is 19.5 Å². The Kier molecular flexibility index (Phi) is 9.12. The van der Waals surface area contributed by atoms with Gasteiger partial charge in [0.1, 0.15) is 35.5 Å². The molecule has 5 N–H and O–H groups in total. The molecule has 1 aliphatic rings. The van der Waals surface area contributed by atoms with Gasteiger partial charge in [-0.2, -0.15) is 15.1 Å². The Morgan fingerprint density at radius 3 is 2.75 bits per heavy atom. The number of hydrogen-bond donors (Lipinski definition) is 4. The lowest BCUT2D eigenvalue weighted by Crippen LogP contribution is -2.44. The van der Waals surface area contributed by atoms with E-state index in [1.165, 1.54) is 30.0 Å². The molecule has 0 amide bonds. The van der Waals surface area contributed by atoms with Crippen molar-refractivity contribution >= 4 is 48.2 Å². The van der Waals surface area contributed by atoms with Gasteiger partial charge in [0.15, 0.2) is 23.2 Å². The predicted molar refractivity (Wildman–Crippen MR) is 144 cm³/mol. The number of nitrogen functional groups attached to an aromatic ring is 1. The smallest absolute Gasteiger partial charge is 0.459 e. The number of aliphatic hydroxyl groups excluding tert-OH is 1. The second kappa shape index (κ2) is 12.2. The van der Waals surface area contributed by atoms with Gasteiger partial charge in [-0.25, -0.2) is 13.9 Å². The number of alkyl halides is 2. The number of anilines is 2. The number of rotatable bonds is 12. The molecular weight excluding hydrogens is 572 g/mol. The summed E-state index contributed by atoms with van der Waals surface area (Å²) < 4.78 is 51.6. The lowest BCUT2D eigenvalue weighted by molar-refractivity contribution is -0.144. The molecule has 1 fully saturated rings. The third kappa shape index (κ3) is 5.99. The molecule has 40 heavy (non-hydrogen) atoms. The van der Waals surface area contributed by atoms with Crippen LogP contribution in [0.15, 0.2) is 36.7 Å². The van der Waals surface area contributed by atoms with Crippen molar-refractivity contribution in [3.8, 4) is 5.75 Å². The zero-order valence-electron chi connectivity index (χ0n) is 21.9. The van der Waals surface area contributed by atoms with Crippen molar-refractivity contribution < 1.29 is 37.4 Å². The summed E-state index contributed by atoms with van der Waals surface area (Å²) in [6.45, 7) is 1.37. The van der Waals surface area contributed by atoms with Gasteiger partial charge in [0, 0.05) is 7.05 Å². The van der Waals surface area contributed by atoms with Gasteiger partial charge >= 0.3 is 13.7 Å². The minimum atomic E-state index is -4.28. The number of halogens is 2. The molecule has 218 valence electrons. The van der Waals surface area contributed by atoms with E-state index in [4.69, 9.17) is 35.9 Å². The third-order valence-corrected chi connectivity index (χ3v) is 8.22. The minimum absolute atomic E-state index is 0.0850. The largest absolute Gasteiger partial charge is 0.465 e. The molecule has 0 bridgehead atoms. The first-order valence-electron chi connectivity index (χ1n) is 12.2. The zero-order valence-corrected chi connectivity index (χ0v) is 23.5. The van der Waals surface area contributed by atoms with Crippen LogP contribution in [-0.2, 0) is 23.4 Å². The first kappa shape index (κ1) is 29.9. The van der Waals surface area contributed by atoms with Gasteiger partial charge in [-0.05, 0) is 26.0 Å². The number of ether oxygens (including phenoxy) is 2. The molecule has 17 heteroatoms. The number of nitrogens with one attached hydrogen (secondary N) is 2. The van der Waals surface area contributed by atoms with Crippen molar-refractivity contribution in [2.24, 2.45) is 0 Å². The Morgan fingerprint density at radius 1 is 1.38 bits per heavy atom. The molecule has 3 aromatic rings. The molecule has 0 spiro atoms. The van der Waals surface area contributed by atoms with Crippen LogP contribution >= 0.6 is 19.3 Å². The highest BCUT2D eigenvalue weighted by Crippen LogP contribution is 2.49. The predicted octanol–water partition coefficient (Wildman–Crippen LogP) is 2.40. The molecule has 14 nitrogen and oxygen atoms in total. The molecule has 6 atom stereocenters. The maximum atomic E-state index is 14.4. The Morgan fingerprint density at radius 2 is 2.10 bits per heavy atom. The summed E-state index contributed by atoms with van der Waals surface area (Å²) in [7, 11) is -2.67. The maximum Gasteiger partial charge on any atom is 0.459 e. The van der Waals surface area contributed by atoms with E-state index < -0.39 is 56.3 Å². The Bertz CT molecular complexity index is 1390. The van der Waals surface area contributed by atoms with Crippen molar-refractivity contribution in [1.29, 1.82) is 0 Å². The summed E-state index contributed by atoms with van der Waals surface area (Å²) in [5.41, 5.74) is 6.30. The summed E-state index contributed by atoms with van der Waals surface area (Å²) in [6.07, 6.45) is -2.95. The molecule has 0 saturated carbocycles. The van der Waals surface area contributed by atoms with E-state index in [0.29, 0.717) is 11.3 Å². The SMILES string of the molecule is CCOC(=O)[C@H](C)NP(=O)(OC[C@H]1O[C@@H](n2cnc3c(NC)nc(N)nc32)[C@@](Cl)(CF)[C@@H]1O)Oc1ccccc1. The fourth-order valence-electron chi connectivity index (χ4n) is 4.10. The monoisotopic (exact) mass is 601 g/mol. The quantitative estimate of drug-likeness (QED) is 0.135. The molecule has 1 unspecified atom stereocenters. The van der Waals surface area contributed by atoms with Gasteiger partial charge in [0.2, 0.25) is 5.95 Å². The van der Waals surface area contributed by atoms with Crippen molar-refractivity contribution in [2.45, 2.75) is 43.2 Å². The summed E-state index contributed by atoms with van der Waals surface area (Å²) >= 11 is 6.59. The van der Waals surface area contributed by atoms with Gasteiger partial charge in [-0.1, -0.05) is 18.2 Å². The number of carbonyl (C=O) groups is 1. The molecule has 0 aliphatic carbocycles. The van der Waals surface area contributed by atoms with E-state index in [0.717, 1.165) is 0 Å². The summed E-state index contributed by atoms with van der Waals surface area (Å²) in [6, 6.07) is 7.01. The van der Waals surface area contributed by atoms with Crippen molar-refractivity contribution in [3.63, 3.8) is 0 Å². The van der Waals surface area contributed by atoms with Crippen LogP contribution in [0.2, 0.25) is 0 Å². The number of aromatic nitrogens is 4. The number of benzene rings is 1. The highest BCUT2D eigenvalue weighted by atomic mass is 35.5. The number of nitrogens with zero attached hydrogens (tertiary/aromatic N) is 4. The maximum absolute atomic E-state index is 14.4. The van der Waals surface area contributed by atoms with Crippen LogP contribution in [-0.4, -0.2) is 80.7 Å². The molecule has 3 heterocycles. The van der Waals surface area contributed by atoms with Crippen molar-refractivity contribution in [2.75, 3.05) is 38.0 Å². The fourth-order valence-corrected chi connectivity index (χ4v) is 5.90. The summed E-state index contributed by atoms with van der Waals surface area (Å²) in [5, 5.41) is 16.4. The number of carbonyl (C=O) groups excluding carboxylic acids is 1. The van der Waals surface area contributed by atoms with Crippen LogP contribution in [0.4, 0.5) is 16.2 Å². The highest BCUT2D eigenvalue weighted by molar-refractivity contribution is 7.52. The van der Waals surface area contributed by atoms with Crippen molar-refractivity contribution in [3.05, 3.63) is 36.7 Å². The number of fused-ring (bicyclic) bond motifs is 1. The molecular formula is C23H30ClFN7O7P. The lowest BCUT2D eigenvalue weighted by Gasteiger charge is -2.27. The number of esters is 1. The Balaban J connectivity index is 1.59. The number of hydrogen-bond acceptors (Lipinski definition) is 12.